The normalized spacial score (nSPS) is 20.7. The molecule has 3 nitrogen and oxygen atoms in total. The summed E-state index contributed by atoms with van der Waals surface area (Å²) in [4.78, 5) is 7.23. The summed E-state index contributed by atoms with van der Waals surface area (Å²) in [6.45, 7) is 8.13. The molecule has 1 saturated carbocycles. The van der Waals surface area contributed by atoms with Crippen LogP contribution in [0.15, 0.2) is 12.3 Å². The molecule has 3 rings (SSSR count). The molecule has 19 heavy (non-hydrogen) atoms. The van der Waals surface area contributed by atoms with Crippen molar-refractivity contribution in [3.05, 3.63) is 23.5 Å². The van der Waals surface area contributed by atoms with Gasteiger partial charge in [-0.3, -0.25) is 4.98 Å². The molecule has 1 aliphatic carbocycles. The molecule has 0 aromatic carbocycles. The van der Waals surface area contributed by atoms with Gasteiger partial charge in [-0.15, -0.1) is 0 Å². The summed E-state index contributed by atoms with van der Waals surface area (Å²) in [6, 6.07) is 2.40. The lowest BCUT2D eigenvalue weighted by Gasteiger charge is -2.33. The average molecular weight is 260 g/mol. The van der Waals surface area contributed by atoms with Crippen LogP contribution < -0.4 is 4.90 Å². The number of hydrogen-bond donors (Lipinski definition) is 0. The second kappa shape index (κ2) is 5.49. The van der Waals surface area contributed by atoms with Gasteiger partial charge in [-0.05, 0) is 36.3 Å². The van der Waals surface area contributed by atoms with Crippen molar-refractivity contribution in [3.8, 4) is 0 Å². The summed E-state index contributed by atoms with van der Waals surface area (Å²) in [6.07, 6.45) is 6.17. The number of aromatic nitrogens is 1. The van der Waals surface area contributed by atoms with Crippen molar-refractivity contribution in [1.29, 1.82) is 0 Å². The molecule has 1 aliphatic heterocycles. The smallest absolute Gasteiger partial charge is 0.0662 e. The SMILES string of the molecule is CC(C)c1ncc(C2CCC2)cc1N1CCOCC1. The van der Waals surface area contributed by atoms with E-state index in [2.05, 4.69) is 31.0 Å². The van der Waals surface area contributed by atoms with Gasteiger partial charge in [0.05, 0.1) is 24.6 Å². The van der Waals surface area contributed by atoms with Crippen LogP contribution in [0.2, 0.25) is 0 Å². The topological polar surface area (TPSA) is 25.4 Å². The van der Waals surface area contributed by atoms with Crippen LogP contribution in [0.4, 0.5) is 5.69 Å². The van der Waals surface area contributed by atoms with Gasteiger partial charge in [-0.2, -0.15) is 0 Å². The first-order valence-electron chi connectivity index (χ1n) is 7.58. The molecule has 2 fully saturated rings. The van der Waals surface area contributed by atoms with Crippen molar-refractivity contribution >= 4 is 5.69 Å². The van der Waals surface area contributed by atoms with Gasteiger partial charge >= 0.3 is 0 Å². The van der Waals surface area contributed by atoms with E-state index in [0.717, 1.165) is 32.2 Å². The maximum absolute atomic E-state index is 5.47. The lowest BCUT2D eigenvalue weighted by atomic mass is 9.80. The van der Waals surface area contributed by atoms with Crippen molar-refractivity contribution in [2.24, 2.45) is 0 Å². The standard InChI is InChI=1S/C16H24N2O/c1-12(2)16-15(18-6-8-19-9-7-18)10-14(11-17-16)13-4-3-5-13/h10-13H,3-9H2,1-2H3. The minimum atomic E-state index is 0.480. The predicted octanol–water partition coefficient (Wildman–Crippen LogP) is 3.31. The van der Waals surface area contributed by atoms with E-state index in [1.807, 2.05) is 0 Å². The van der Waals surface area contributed by atoms with Gasteiger partial charge in [0.1, 0.15) is 0 Å². The molecule has 1 aromatic rings. The number of ether oxygens (including phenoxy) is 1. The third-order valence-electron chi connectivity index (χ3n) is 4.39. The minimum absolute atomic E-state index is 0.480. The summed E-state index contributed by atoms with van der Waals surface area (Å²) < 4.78 is 5.47. The molecule has 1 aromatic heterocycles. The zero-order chi connectivity index (χ0) is 13.2. The third kappa shape index (κ3) is 2.62. The summed E-state index contributed by atoms with van der Waals surface area (Å²) in [7, 11) is 0. The lowest BCUT2D eigenvalue weighted by molar-refractivity contribution is 0.122. The van der Waals surface area contributed by atoms with E-state index < -0.39 is 0 Å². The van der Waals surface area contributed by atoms with Crippen molar-refractivity contribution < 1.29 is 4.74 Å². The molecule has 0 bridgehead atoms. The third-order valence-corrected chi connectivity index (χ3v) is 4.39. The molecule has 0 unspecified atom stereocenters. The number of anilines is 1. The number of nitrogens with zero attached hydrogens (tertiary/aromatic N) is 2. The fourth-order valence-corrected chi connectivity index (χ4v) is 2.95. The van der Waals surface area contributed by atoms with E-state index in [0.29, 0.717) is 5.92 Å². The predicted molar refractivity (Wildman–Crippen MR) is 78.0 cm³/mol. The van der Waals surface area contributed by atoms with Gasteiger partial charge in [0.15, 0.2) is 0 Å². The van der Waals surface area contributed by atoms with Gasteiger partial charge in [-0.1, -0.05) is 20.3 Å². The van der Waals surface area contributed by atoms with Crippen LogP contribution >= 0.6 is 0 Å². The Bertz CT molecular complexity index is 434. The zero-order valence-corrected chi connectivity index (χ0v) is 12.1. The van der Waals surface area contributed by atoms with Gasteiger partial charge in [-0.25, -0.2) is 0 Å². The van der Waals surface area contributed by atoms with Gasteiger partial charge in [0, 0.05) is 19.3 Å². The van der Waals surface area contributed by atoms with Crippen LogP contribution in [0.1, 0.15) is 56.2 Å². The Balaban J connectivity index is 1.91. The van der Waals surface area contributed by atoms with E-state index in [9.17, 15) is 0 Å². The molecule has 1 saturated heterocycles. The van der Waals surface area contributed by atoms with Crippen LogP contribution in [0.25, 0.3) is 0 Å². The molecule has 0 spiro atoms. The van der Waals surface area contributed by atoms with E-state index in [1.165, 1.54) is 36.2 Å². The Morgan fingerprint density at radius 1 is 1.26 bits per heavy atom. The zero-order valence-electron chi connectivity index (χ0n) is 12.1. The van der Waals surface area contributed by atoms with Crippen molar-refractivity contribution in [1.82, 2.24) is 4.98 Å². The molecule has 0 N–H and O–H groups in total. The lowest BCUT2D eigenvalue weighted by Crippen LogP contribution is -2.37. The first-order valence-corrected chi connectivity index (χ1v) is 7.58. The first kappa shape index (κ1) is 12.9. The number of morpholine rings is 1. The van der Waals surface area contributed by atoms with E-state index in [-0.39, 0.29) is 0 Å². The first-order chi connectivity index (χ1) is 9.25. The van der Waals surface area contributed by atoms with Crippen LogP contribution in [0.5, 0.6) is 0 Å². The Hall–Kier alpha value is -1.09. The van der Waals surface area contributed by atoms with Crippen LogP contribution in [0.3, 0.4) is 0 Å². The molecular formula is C16H24N2O. The highest BCUT2D eigenvalue weighted by molar-refractivity contribution is 5.54. The molecule has 0 amide bonds. The Labute approximate surface area is 116 Å². The molecule has 3 heteroatoms. The van der Waals surface area contributed by atoms with Gasteiger partial charge in [0.25, 0.3) is 0 Å². The van der Waals surface area contributed by atoms with Crippen molar-refractivity contribution in [2.45, 2.75) is 44.9 Å². The summed E-state index contributed by atoms with van der Waals surface area (Å²) >= 11 is 0. The van der Waals surface area contributed by atoms with Gasteiger partial charge < -0.3 is 9.64 Å². The van der Waals surface area contributed by atoms with Crippen LogP contribution in [0, 0.1) is 0 Å². The number of hydrogen-bond acceptors (Lipinski definition) is 3. The highest BCUT2D eigenvalue weighted by atomic mass is 16.5. The molecule has 2 aliphatic rings. The Kier molecular flexibility index (Phi) is 3.74. The Morgan fingerprint density at radius 3 is 2.58 bits per heavy atom. The minimum Gasteiger partial charge on any atom is -0.378 e. The highest BCUT2D eigenvalue weighted by Gasteiger charge is 2.23. The second-order valence-electron chi connectivity index (χ2n) is 6.05. The summed E-state index contributed by atoms with van der Waals surface area (Å²) in [5.74, 6) is 1.24. The Morgan fingerprint density at radius 2 is 2.00 bits per heavy atom. The monoisotopic (exact) mass is 260 g/mol. The number of pyridine rings is 1. The molecule has 2 heterocycles. The molecular weight excluding hydrogens is 236 g/mol. The van der Waals surface area contributed by atoms with Crippen molar-refractivity contribution in [3.63, 3.8) is 0 Å². The molecule has 104 valence electrons. The molecule has 0 radical (unpaired) electrons. The highest BCUT2D eigenvalue weighted by Crippen LogP contribution is 2.38. The summed E-state index contributed by atoms with van der Waals surface area (Å²) in [5, 5.41) is 0. The maximum Gasteiger partial charge on any atom is 0.0662 e. The van der Waals surface area contributed by atoms with Crippen molar-refractivity contribution in [2.75, 3.05) is 31.2 Å². The second-order valence-corrected chi connectivity index (χ2v) is 6.05. The van der Waals surface area contributed by atoms with E-state index in [1.54, 1.807) is 0 Å². The quantitative estimate of drug-likeness (QED) is 0.833. The van der Waals surface area contributed by atoms with E-state index in [4.69, 9.17) is 9.72 Å². The van der Waals surface area contributed by atoms with E-state index >= 15 is 0 Å². The van der Waals surface area contributed by atoms with Crippen LogP contribution in [-0.4, -0.2) is 31.3 Å². The summed E-state index contributed by atoms with van der Waals surface area (Å²) in [5.41, 5.74) is 4.03. The number of rotatable bonds is 3. The fraction of sp³-hybridized carbons (Fsp3) is 0.688. The van der Waals surface area contributed by atoms with Crippen LogP contribution in [-0.2, 0) is 4.74 Å². The average Bonchev–Trinajstić information content (AvgIpc) is 2.37. The van der Waals surface area contributed by atoms with Gasteiger partial charge in [0.2, 0.25) is 0 Å². The molecule has 0 atom stereocenters. The fourth-order valence-electron chi connectivity index (χ4n) is 2.95. The maximum atomic E-state index is 5.47. The largest absolute Gasteiger partial charge is 0.378 e.